The lowest BCUT2D eigenvalue weighted by Crippen LogP contribution is -2.19. The minimum absolute atomic E-state index is 0.0847. The number of hydrogen-bond donors (Lipinski definition) is 1. The van der Waals surface area contributed by atoms with Crippen LogP contribution in [-0.4, -0.2) is 22.7 Å². The molecular weight excluding hydrogens is 338 g/mol. The molecule has 1 N–H and O–H groups in total. The van der Waals surface area contributed by atoms with Crippen LogP contribution in [0.25, 0.3) is 5.69 Å². The summed E-state index contributed by atoms with van der Waals surface area (Å²) in [5.74, 6) is 0.910. The fourth-order valence-electron chi connectivity index (χ4n) is 3.11. The second kappa shape index (κ2) is 8.18. The average Bonchev–Trinajstić information content (AvgIpc) is 3.08. The summed E-state index contributed by atoms with van der Waals surface area (Å²) in [6.07, 6.45) is 1.91. The van der Waals surface area contributed by atoms with Crippen molar-refractivity contribution < 1.29 is 9.53 Å². The molecule has 1 aromatic heterocycles. The fraction of sp³-hybridized carbons (Fsp3) is 0.273. The molecule has 0 spiro atoms. The summed E-state index contributed by atoms with van der Waals surface area (Å²) in [5.41, 5.74) is 5.08. The highest BCUT2D eigenvalue weighted by atomic mass is 16.5. The van der Waals surface area contributed by atoms with Gasteiger partial charge >= 0.3 is 0 Å². The van der Waals surface area contributed by atoms with E-state index in [2.05, 4.69) is 24.3 Å². The molecule has 2 aromatic carbocycles. The third-order valence-corrected chi connectivity index (χ3v) is 4.78. The van der Waals surface area contributed by atoms with Crippen molar-refractivity contribution in [1.82, 2.24) is 15.1 Å². The van der Waals surface area contributed by atoms with Gasteiger partial charge in [0.1, 0.15) is 5.75 Å². The molecule has 0 aliphatic heterocycles. The van der Waals surface area contributed by atoms with Gasteiger partial charge in [-0.05, 0) is 56.7 Å². The van der Waals surface area contributed by atoms with Crippen LogP contribution in [0, 0.1) is 6.92 Å². The first-order valence-electron chi connectivity index (χ1n) is 9.02. The smallest absolute Gasteiger partial charge is 0.159 e. The van der Waals surface area contributed by atoms with Gasteiger partial charge in [-0.25, -0.2) is 4.68 Å². The van der Waals surface area contributed by atoms with Gasteiger partial charge in [-0.3, -0.25) is 4.79 Å². The maximum atomic E-state index is 11.5. The van der Waals surface area contributed by atoms with Crippen LogP contribution in [-0.2, 0) is 6.54 Å². The van der Waals surface area contributed by atoms with E-state index in [0.29, 0.717) is 6.54 Å². The first-order valence-corrected chi connectivity index (χ1v) is 9.02. The second-order valence-corrected chi connectivity index (χ2v) is 6.65. The lowest BCUT2D eigenvalue weighted by Gasteiger charge is -2.14. The Bertz CT molecular complexity index is 929. The number of rotatable bonds is 7. The van der Waals surface area contributed by atoms with Gasteiger partial charge in [-0.2, -0.15) is 5.10 Å². The van der Waals surface area contributed by atoms with Crippen LogP contribution in [0.1, 0.15) is 47.1 Å². The lowest BCUT2D eigenvalue weighted by atomic mass is 10.1. The van der Waals surface area contributed by atoms with Crippen LogP contribution in [0.2, 0.25) is 0 Å². The minimum Gasteiger partial charge on any atom is -0.497 e. The summed E-state index contributed by atoms with van der Waals surface area (Å²) in [5, 5.41) is 8.07. The normalized spacial score (nSPS) is 12.0. The third-order valence-electron chi connectivity index (χ3n) is 4.78. The number of carbonyl (C=O) groups excluding carboxylic acids is 1. The van der Waals surface area contributed by atoms with Crippen LogP contribution < -0.4 is 10.1 Å². The number of Topliss-reactive ketones (excluding diaryl/α,β-unsaturated/α-hetero) is 1. The van der Waals surface area contributed by atoms with Crippen LogP contribution in [0.15, 0.2) is 54.7 Å². The Labute approximate surface area is 160 Å². The molecular formula is C22H25N3O2. The van der Waals surface area contributed by atoms with E-state index in [1.165, 1.54) is 0 Å². The fourth-order valence-corrected chi connectivity index (χ4v) is 3.11. The monoisotopic (exact) mass is 363 g/mol. The highest BCUT2D eigenvalue weighted by Crippen LogP contribution is 2.22. The number of aromatic nitrogens is 2. The van der Waals surface area contributed by atoms with E-state index >= 15 is 0 Å². The Balaban J connectivity index is 1.72. The maximum Gasteiger partial charge on any atom is 0.159 e. The first-order chi connectivity index (χ1) is 13.0. The molecule has 0 radical (unpaired) electrons. The molecule has 0 aliphatic carbocycles. The standard InChI is InChI=1S/C22H25N3O2/c1-15(23-13-18-6-5-7-19(12-18)17(3)26)22-14-24-25(16(22)2)20-8-10-21(27-4)11-9-20/h5-12,14-15,23H,13H2,1-4H3. The van der Waals surface area contributed by atoms with Crippen molar-refractivity contribution in [3.8, 4) is 11.4 Å². The lowest BCUT2D eigenvalue weighted by molar-refractivity contribution is 0.101. The molecule has 5 nitrogen and oxygen atoms in total. The first kappa shape index (κ1) is 18.9. The summed E-state index contributed by atoms with van der Waals surface area (Å²) in [6, 6.07) is 15.7. The molecule has 1 atom stereocenters. The Kier molecular flexibility index (Phi) is 5.72. The van der Waals surface area contributed by atoms with E-state index in [1.807, 2.05) is 59.4 Å². The van der Waals surface area contributed by atoms with Crippen molar-refractivity contribution in [3.63, 3.8) is 0 Å². The highest BCUT2D eigenvalue weighted by Gasteiger charge is 2.14. The summed E-state index contributed by atoms with van der Waals surface area (Å²) < 4.78 is 7.15. The van der Waals surface area contributed by atoms with Crippen LogP contribution in [0.4, 0.5) is 0 Å². The van der Waals surface area contributed by atoms with Gasteiger partial charge in [-0.1, -0.05) is 18.2 Å². The molecule has 1 heterocycles. The number of methoxy groups -OCH3 is 1. The molecule has 140 valence electrons. The second-order valence-electron chi connectivity index (χ2n) is 6.65. The van der Waals surface area contributed by atoms with Gasteiger partial charge in [0, 0.05) is 29.4 Å². The summed E-state index contributed by atoms with van der Waals surface area (Å²) in [4.78, 5) is 11.5. The molecule has 0 saturated carbocycles. The zero-order valence-electron chi connectivity index (χ0n) is 16.2. The van der Waals surface area contributed by atoms with Gasteiger partial charge in [-0.15, -0.1) is 0 Å². The van der Waals surface area contributed by atoms with E-state index in [1.54, 1.807) is 14.0 Å². The molecule has 1 unspecified atom stereocenters. The van der Waals surface area contributed by atoms with Crippen molar-refractivity contribution >= 4 is 5.78 Å². The number of nitrogens with one attached hydrogen (secondary N) is 1. The largest absolute Gasteiger partial charge is 0.497 e. The van der Waals surface area contributed by atoms with Crippen molar-refractivity contribution in [1.29, 1.82) is 0 Å². The molecule has 0 saturated heterocycles. The van der Waals surface area contributed by atoms with E-state index in [-0.39, 0.29) is 11.8 Å². The van der Waals surface area contributed by atoms with Crippen molar-refractivity contribution in [2.24, 2.45) is 0 Å². The molecule has 5 heteroatoms. The molecule has 0 aliphatic rings. The zero-order valence-corrected chi connectivity index (χ0v) is 16.2. The van der Waals surface area contributed by atoms with Gasteiger partial charge in [0.25, 0.3) is 0 Å². The zero-order chi connectivity index (χ0) is 19.4. The average molecular weight is 363 g/mol. The molecule has 3 aromatic rings. The number of benzene rings is 2. The topological polar surface area (TPSA) is 56.1 Å². The number of ketones is 1. The molecule has 0 amide bonds. The SMILES string of the molecule is COc1ccc(-n2ncc(C(C)NCc3cccc(C(C)=O)c3)c2C)cc1. The highest BCUT2D eigenvalue weighted by molar-refractivity contribution is 5.94. The molecule has 27 heavy (non-hydrogen) atoms. The molecule has 0 fully saturated rings. The minimum atomic E-state index is 0.0847. The molecule has 0 bridgehead atoms. The summed E-state index contributed by atoms with van der Waals surface area (Å²) in [7, 11) is 1.66. The Morgan fingerprint density at radius 2 is 1.96 bits per heavy atom. The quantitative estimate of drug-likeness (QED) is 0.638. The predicted octanol–water partition coefficient (Wildman–Crippen LogP) is 4.24. The van der Waals surface area contributed by atoms with Gasteiger partial charge < -0.3 is 10.1 Å². The molecule has 3 rings (SSSR count). The van der Waals surface area contributed by atoms with Crippen LogP contribution >= 0.6 is 0 Å². The van der Waals surface area contributed by atoms with E-state index in [9.17, 15) is 4.79 Å². The Hall–Kier alpha value is -2.92. The maximum absolute atomic E-state index is 11.5. The third kappa shape index (κ3) is 4.26. The van der Waals surface area contributed by atoms with E-state index in [4.69, 9.17) is 4.74 Å². The van der Waals surface area contributed by atoms with E-state index in [0.717, 1.165) is 33.8 Å². The Morgan fingerprint density at radius 3 is 2.63 bits per heavy atom. The number of hydrogen-bond acceptors (Lipinski definition) is 4. The predicted molar refractivity (Wildman–Crippen MR) is 107 cm³/mol. The van der Waals surface area contributed by atoms with Gasteiger partial charge in [0.2, 0.25) is 0 Å². The van der Waals surface area contributed by atoms with Crippen LogP contribution in [0.3, 0.4) is 0 Å². The van der Waals surface area contributed by atoms with Crippen LogP contribution in [0.5, 0.6) is 5.75 Å². The van der Waals surface area contributed by atoms with E-state index < -0.39 is 0 Å². The van der Waals surface area contributed by atoms with Crippen molar-refractivity contribution in [3.05, 3.63) is 77.1 Å². The van der Waals surface area contributed by atoms with Gasteiger partial charge in [0.05, 0.1) is 19.0 Å². The number of ether oxygens (including phenoxy) is 1. The number of carbonyl (C=O) groups is 1. The Morgan fingerprint density at radius 1 is 1.22 bits per heavy atom. The van der Waals surface area contributed by atoms with Crippen molar-refractivity contribution in [2.45, 2.75) is 33.4 Å². The van der Waals surface area contributed by atoms with Crippen molar-refractivity contribution in [2.75, 3.05) is 7.11 Å². The summed E-state index contributed by atoms with van der Waals surface area (Å²) in [6.45, 7) is 6.47. The van der Waals surface area contributed by atoms with Gasteiger partial charge in [0.15, 0.2) is 5.78 Å². The summed E-state index contributed by atoms with van der Waals surface area (Å²) >= 11 is 0. The number of nitrogens with zero attached hydrogens (tertiary/aromatic N) is 2.